The normalized spacial score (nSPS) is 25.2. The van der Waals surface area contributed by atoms with E-state index in [1.807, 2.05) is 6.07 Å². The first-order valence-electron chi connectivity index (χ1n) is 10.4. The Labute approximate surface area is 191 Å². The number of fused-ring (bicyclic) bond motifs is 1. The van der Waals surface area contributed by atoms with E-state index in [1.165, 1.54) is 39.0 Å². The molecule has 0 radical (unpaired) electrons. The molecule has 0 bridgehead atoms. The van der Waals surface area contributed by atoms with Crippen LogP contribution in [0.4, 0.5) is 26.3 Å². The molecule has 2 N–H and O–H groups in total. The molecule has 0 aromatic carbocycles. The third kappa shape index (κ3) is 8.80. The number of ether oxygens (including phenoxy) is 1. The van der Waals surface area contributed by atoms with Gasteiger partial charge in [-0.05, 0) is 43.4 Å². The van der Waals surface area contributed by atoms with Crippen LogP contribution in [0.2, 0.25) is 0 Å². The van der Waals surface area contributed by atoms with Crippen molar-refractivity contribution in [3.63, 3.8) is 0 Å². The Hall–Kier alpha value is -2.32. The average molecular weight is 504 g/mol. The summed E-state index contributed by atoms with van der Waals surface area (Å²) in [5.74, 6) is -2.77. The molecule has 3 atom stereocenters. The Balaban J connectivity index is 0.000000244. The lowest BCUT2D eigenvalue weighted by Crippen LogP contribution is -2.36. The predicted molar refractivity (Wildman–Crippen MR) is 104 cm³/mol. The van der Waals surface area contributed by atoms with E-state index in [0.717, 1.165) is 43.4 Å². The molecular formula is C20H26F6N2O6. The predicted octanol–water partition coefficient (Wildman–Crippen LogP) is 3.09. The zero-order valence-corrected chi connectivity index (χ0v) is 18.0. The lowest BCUT2D eigenvalue weighted by atomic mass is 10.1. The molecule has 4 rings (SSSR count). The number of aliphatic carboxylic acids is 2. The fourth-order valence-electron chi connectivity index (χ4n) is 4.18. The van der Waals surface area contributed by atoms with Crippen LogP contribution in [0.15, 0.2) is 22.8 Å². The average Bonchev–Trinajstić information content (AvgIpc) is 3.50. The van der Waals surface area contributed by atoms with Gasteiger partial charge < -0.3 is 24.3 Å². The van der Waals surface area contributed by atoms with Gasteiger partial charge in [0.15, 0.2) is 0 Å². The lowest BCUT2D eigenvalue weighted by Gasteiger charge is -2.24. The molecule has 34 heavy (non-hydrogen) atoms. The zero-order chi connectivity index (χ0) is 25.5. The first kappa shape index (κ1) is 27.9. The van der Waals surface area contributed by atoms with Gasteiger partial charge in [-0.3, -0.25) is 4.90 Å². The number of rotatable bonds is 4. The molecule has 3 aliphatic rings. The van der Waals surface area contributed by atoms with Crippen LogP contribution < -0.4 is 0 Å². The van der Waals surface area contributed by atoms with Gasteiger partial charge >= 0.3 is 24.3 Å². The van der Waals surface area contributed by atoms with Crippen LogP contribution >= 0.6 is 0 Å². The quantitative estimate of drug-likeness (QED) is 0.604. The van der Waals surface area contributed by atoms with Gasteiger partial charge in [0, 0.05) is 32.3 Å². The zero-order valence-electron chi connectivity index (χ0n) is 18.0. The molecule has 1 unspecified atom stereocenters. The molecule has 3 fully saturated rings. The highest BCUT2D eigenvalue weighted by molar-refractivity contribution is 5.73. The standard InChI is InChI=1S/C16H24N2O2.2C2HF3O2/c1-2-15(20-6-1)10-18-5-3-14-9-17(11-16(14)18)8-13-4-7-19-12-13;2*3-2(4,5)1(6)7/h1-2,6,13-14,16H,3-5,7-12H2;2*(H,6,7)/t13?,14-,16+;;/m0../s1. The molecule has 0 spiro atoms. The molecule has 3 saturated heterocycles. The van der Waals surface area contributed by atoms with Gasteiger partial charge in [-0.25, -0.2) is 9.59 Å². The second-order valence-electron chi connectivity index (χ2n) is 8.22. The summed E-state index contributed by atoms with van der Waals surface area (Å²) in [5, 5.41) is 14.2. The smallest absolute Gasteiger partial charge is 0.475 e. The maximum atomic E-state index is 10.6. The second-order valence-corrected chi connectivity index (χ2v) is 8.22. The molecular weight excluding hydrogens is 478 g/mol. The maximum absolute atomic E-state index is 10.6. The van der Waals surface area contributed by atoms with E-state index >= 15 is 0 Å². The van der Waals surface area contributed by atoms with Crippen LogP contribution in [0, 0.1) is 11.8 Å². The molecule has 14 heteroatoms. The van der Waals surface area contributed by atoms with Crippen molar-refractivity contribution in [3.05, 3.63) is 24.2 Å². The van der Waals surface area contributed by atoms with Gasteiger partial charge in [0.2, 0.25) is 0 Å². The minimum Gasteiger partial charge on any atom is -0.475 e. The SMILES string of the molecule is O=C(O)C(F)(F)F.O=C(O)C(F)(F)F.c1coc(CN2CC[C@H]3CN(CC4CCOC4)C[C@H]32)c1. The van der Waals surface area contributed by atoms with Crippen molar-refractivity contribution in [2.75, 3.05) is 39.4 Å². The molecule has 3 aliphatic heterocycles. The fraction of sp³-hybridized carbons (Fsp3) is 0.700. The summed E-state index contributed by atoms with van der Waals surface area (Å²) in [4.78, 5) is 23.1. The summed E-state index contributed by atoms with van der Waals surface area (Å²) in [6.07, 6.45) is -5.78. The van der Waals surface area contributed by atoms with Crippen molar-refractivity contribution in [1.82, 2.24) is 9.80 Å². The van der Waals surface area contributed by atoms with Crippen LogP contribution in [0.3, 0.4) is 0 Å². The van der Waals surface area contributed by atoms with E-state index in [-0.39, 0.29) is 0 Å². The Morgan fingerprint density at radius 2 is 1.65 bits per heavy atom. The molecule has 8 nitrogen and oxygen atoms in total. The highest BCUT2D eigenvalue weighted by Gasteiger charge is 2.42. The largest absolute Gasteiger partial charge is 0.490 e. The van der Waals surface area contributed by atoms with Crippen molar-refractivity contribution in [2.24, 2.45) is 11.8 Å². The van der Waals surface area contributed by atoms with Crippen LogP contribution in [0.1, 0.15) is 18.6 Å². The number of halogens is 6. The van der Waals surface area contributed by atoms with Gasteiger partial charge in [-0.2, -0.15) is 26.3 Å². The molecule has 4 heterocycles. The van der Waals surface area contributed by atoms with E-state index < -0.39 is 24.3 Å². The highest BCUT2D eigenvalue weighted by Crippen LogP contribution is 2.33. The first-order chi connectivity index (χ1) is 15.8. The Bertz CT molecular complexity index is 756. The third-order valence-electron chi connectivity index (χ3n) is 5.70. The van der Waals surface area contributed by atoms with E-state index in [4.69, 9.17) is 29.0 Å². The summed E-state index contributed by atoms with van der Waals surface area (Å²) >= 11 is 0. The molecule has 1 aromatic heterocycles. The van der Waals surface area contributed by atoms with Crippen LogP contribution in [0.25, 0.3) is 0 Å². The van der Waals surface area contributed by atoms with Gasteiger partial charge in [-0.15, -0.1) is 0 Å². The van der Waals surface area contributed by atoms with E-state index in [1.54, 1.807) is 6.26 Å². The molecule has 0 saturated carbocycles. The number of furan rings is 1. The monoisotopic (exact) mass is 504 g/mol. The van der Waals surface area contributed by atoms with Gasteiger partial charge in [-0.1, -0.05) is 0 Å². The maximum Gasteiger partial charge on any atom is 0.490 e. The Kier molecular flexibility index (Phi) is 9.76. The van der Waals surface area contributed by atoms with Gasteiger partial charge in [0.05, 0.1) is 19.4 Å². The Morgan fingerprint density at radius 3 is 2.12 bits per heavy atom. The minimum atomic E-state index is -5.08. The number of nitrogens with zero attached hydrogens (tertiary/aromatic N) is 2. The van der Waals surface area contributed by atoms with Gasteiger partial charge in [0.1, 0.15) is 5.76 Å². The number of carbonyl (C=O) groups is 2. The molecule has 0 aliphatic carbocycles. The minimum absolute atomic E-state index is 0.738. The summed E-state index contributed by atoms with van der Waals surface area (Å²) < 4.78 is 74.5. The van der Waals surface area contributed by atoms with E-state index in [2.05, 4.69) is 15.9 Å². The highest BCUT2D eigenvalue weighted by atomic mass is 19.4. The summed E-state index contributed by atoms with van der Waals surface area (Å²) in [7, 11) is 0. The van der Waals surface area contributed by atoms with Gasteiger partial charge in [0.25, 0.3) is 0 Å². The molecule has 0 amide bonds. The fourth-order valence-corrected chi connectivity index (χ4v) is 4.18. The Morgan fingerprint density at radius 1 is 1.03 bits per heavy atom. The topological polar surface area (TPSA) is 103 Å². The third-order valence-corrected chi connectivity index (χ3v) is 5.70. The summed E-state index contributed by atoms with van der Waals surface area (Å²) in [6.45, 7) is 7.92. The van der Waals surface area contributed by atoms with E-state index in [9.17, 15) is 26.3 Å². The number of carboxylic acids is 2. The van der Waals surface area contributed by atoms with Crippen molar-refractivity contribution in [2.45, 2.75) is 37.8 Å². The first-order valence-corrected chi connectivity index (χ1v) is 10.4. The molecule has 1 aromatic rings. The number of carboxylic acid groups (broad SMARTS) is 2. The van der Waals surface area contributed by atoms with Crippen molar-refractivity contribution < 1.29 is 55.3 Å². The summed E-state index contributed by atoms with van der Waals surface area (Å²) in [5.41, 5.74) is 0. The van der Waals surface area contributed by atoms with Crippen LogP contribution in [-0.2, 0) is 20.9 Å². The van der Waals surface area contributed by atoms with Crippen LogP contribution in [-0.4, -0.2) is 89.7 Å². The summed E-state index contributed by atoms with van der Waals surface area (Å²) in [6, 6.07) is 4.82. The van der Waals surface area contributed by atoms with Crippen molar-refractivity contribution >= 4 is 11.9 Å². The number of alkyl halides is 6. The lowest BCUT2D eigenvalue weighted by molar-refractivity contribution is -0.193. The number of likely N-dealkylation sites (tertiary alicyclic amines) is 2. The van der Waals surface area contributed by atoms with Crippen molar-refractivity contribution in [3.8, 4) is 0 Å². The van der Waals surface area contributed by atoms with Crippen molar-refractivity contribution in [1.29, 1.82) is 0 Å². The number of hydrogen-bond donors (Lipinski definition) is 2. The molecule has 194 valence electrons. The number of hydrogen-bond acceptors (Lipinski definition) is 6. The second kappa shape index (κ2) is 11.9. The van der Waals surface area contributed by atoms with Crippen LogP contribution in [0.5, 0.6) is 0 Å². The van der Waals surface area contributed by atoms with E-state index in [0.29, 0.717) is 0 Å².